The zero-order valence-corrected chi connectivity index (χ0v) is 37.8. The van der Waals surface area contributed by atoms with E-state index in [4.69, 9.17) is 56.6 Å². The quantitative estimate of drug-likeness (QED) is 0.0648. The van der Waals surface area contributed by atoms with E-state index in [1.165, 1.54) is 0 Å². The highest BCUT2D eigenvalue weighted by molar-refractivity contribution is 6.33. The fourth-order valence-corrected chi connectivity index (χ4v) is 6.94. The van der Waals surface area contributed by atoms with Crippen LogP contribution in [0.2, 0.25) is 10.0 Å². The largest absolute Gasteiger partial charge is 0.493 e. The van der Waals surface area contributed by atoms with Crippen molar-refractivity contribution in [2.24, 2.45) is 0 Å². The molecule has 0 N–H and O–H groups in total. The summed E-state index contributed by atoms with van der Waals surface area (Å²) in [5.74, 6) is 2.28. The highest BCUT2D eigenvalue weighted by atomic mass is 35.5. The summed E-state index contributed by atoms with van der Waals surface area (Å²) >= 11 is 13.7. The molecule has 1 unspecified atom stereocenters. The van der Waals surface area contributed by atoms with Gasteiger partial charge in [0.05, 0.1) is 65.7 Å². The molecule has 5 rings (SSSR count). The standard InChI is InChI=1S/C49H62Cl2N2O6/c1-35(26-30-57-48(4,5)27-31-54-8)59-40-24-18-36(19-25-40)44-45(37-20-22-39(23-21-37)56-32-28-49(6,7)58-33-29-47(2,3)55-9)53(34-38-14-10-12-16-42(38)50)46(52-44)41-15-11-13-17-43(41)51/h10-25,35H,26-34H2,1-9H3. The van der Waals surface area contributed by atoms with Crippen LogP contribution < -0.4 is 9.47 Å². The van der Waals surface area contributed by atoms with Crippen LogP contribution in [-0.4, -0.2) is 73.1 Å². The summed E-state index contributed by atoms with van der Waals surface area (Å²) in [6, 6.07) is 32.0. The number of halogens is 2. The smallest absolute Gasteiger partial charge is 0.142 e. The molecule has 10 heteroatoms. The van der Waals surface area contributed by atoms with Crippen molar-refractivity contribution in [3.05, 3.63) is 113 Å². The van der Waals surface area contributed by atoms with E-state index < -0.39 is 0 Å². The highest BCUT2D eigenvalue weighted by Gasteiger charge is 2.25. The van der Waals surface area contributed by atoms with Crippen molar-refractivity contribution in [3.8, 4) is 45.4 Å². The van der Waals surface area contributed by atoms with E-state index in [1.807, 2.05) is 72.8 Å². The molecule has 0 aliphatic heterocycles. The van der Waals surface area contributed by atoms with Crippen LogP contribution in [0.4, 0.5) is 0 Å². The minimum atomic E-state index is -0.340. The molecule has 59 heavy (non-hydrogen) atoms. The molecular formula is C49H62Cl2N2O6. The summed E-state index contributed by atoms with van der Waals surface area (Å²) in [4.78, 5) is 5.35. The van der Waals surface area contributed by atoms with Crippen molar-refractivity contribution < 1.29 is 28.4 Å². The van der Waals surface area contributed by atoms with Gasteiger partial charge in [0.15, 0.2) is 0 Å². The minimum Gasteiger partial charge on any atom is -0.493 e. The van der Waals surface area contributed by atoms with Gasteiger partial charge in [0, 0.05) is 55.4 Å². The van der Waals surface area contributed by atoms with Crippen molar-refractivity contribution in [3.63, 3.8) is 0 Å². The third kappa shape index (κ3) is 13.6. The van der Waals surface area contributed by atoms with Crippen LogP contribution in [0.25, 0.3) is 33.9 Å². The van der Waals surface area contributed by atoms with Gasteiger partial charge in [0.2, 0.25) is 0 Å². The molecule has 1 aromatic heterocycles. The third-order valence-electron chi connectivity index (χ3n) is 10.6. The second-order valence-corrected chi connectivity index (χ2v) is 17.6. The maximum Gasteiger partial charge on any atom is 0.142 e. The molecule has 0 amide bonds. The number of hydrogen-bond acceptors (Lipinski definition) is 7. The lowest BCUT2D eigenvalue weighted by Crippen LogP contribution is -2.31. The van der Waals surface area contributed by atoms with Crippen molar-refractivity contribution in [2.75, 3.05) is 40.6 Å². The second-order valence-electron chi connectivity index (χ2n) is 16.8. The second kappa shape index (κ2) is 21.1. The maximum atomic E-state index is 6.89. The molecular weight excluding hydrogens is 783 g/mol. The van der Waals surface area contributed by atoms with Gasteiger partial charge >= 0.3 is 0 Å². The molecule has 0 aliphatic rings. The Morgan fingerprint density at radius 1 is 0.627 bits per heavy atom. The summed E-state index contributed by atoms with van der Waals surface area (Å²) in [6.07, 6.45) is 3.09. The number of ether oxygens (including phenoxy) is 6. The number of nitrogens with zero attached hydrogens (tertiary/aromatic N) is 2. The Hall–Kier alpha value is -3.89. The van der Waals surface area contributed by atoms with Gasteiger partial charge in [-0.05, 0) is 134 Å². The van der Waals surface area contributed by atoms with E-state index in [1.54, 1.807) is 14.2 Å². The lowest BCUT2D eigenvalue weighted by atomic mass is 10.0. The Kier molecular flexibility index (Phi) is 16.5. The molecule has 4 aromatic carbocycles. The molecule has 0 fully saturated rings. The van der Waals surface area contributed by atoms with Crippen LogP contribution in [0.5, 0.6) is 11.5 Å². The molecule has 8 nitrogen and oxygen atoms in total. The Morgan fingerprint density at radius 3 is 1.85 bits per heavy atom. The van der Waals surface area contributed by atoms with Crippen molar-refractivity contribution in [2.45, 2.75) is 104 Å². The maximum absolute atomic E-state index is 6.89. The summed E-state index contributed by atoms with van der Waals surface area (Å²) in [5, 5.41) is 1.29. The monoisotopic (exact) mass is 844 g/mol. The molecule has 318 valence electrons. The summed E-state index contributed by atoms with van der Waals surface area (Å²) in [6.45, 7) is 17.4. The average Bonchev–Trinajstić information content (AvgIpc) is 3.57. The van der Waals surface area contributed by atoms with E-state index in [9.17, 15) is 0 Å². The Balaban J connectivity index is 1.43. The molecule has 0 saturated carbocycles. The first-order valence-corrected chi connectivity index (χ1v) is 21.3. The average molecular weight is 846 g/mol. The van der Waals surface area contributed by atoms with E-state index >= 15 is 0 Å². The fourth-order valence-electron chi connectivity index (χ4n) is 6.52. The number of aromatic nitrogens is 2. The van der Waals surface area contributed by atoms with Crippen LogP contribution in [0.1, 0.15) is 79.7 Å². The highest BCUT2D eigenvalue weighted by Crippen LogP contribution is 2.40. The lowest BCUT2D eigenvalue weighted by Gasteiger charge is -2.28. The van der Waals surface area contributed by atoms with E-state index in [0.717, 1.165) is 76.6 Å². The fraction of sp³-hybridized carbons (Fsp3) is 0.449. The number of hydrogen-bond donors (Lipinski definition) is 0. The third-order valence-corrected chi connectivity index (χ3v) is 11.3. The predicted octanol–water partition coefficient (Wildman–Crippen LogP) is 12.6. The van der Waals surface area contributed by atoms with E-state index in [0.29, 0.717) is 43.0 Å². The number of rotatable bonds is 23. The summed E-state index contributed by atoms with van der Waals surface area (Å²) < 4.78 is 37.9. The summed E-state index contributed by atoms with van der Waals surface area (Å²) in [5.41, 5.74) is 4.61. The van der Waals surface area contributed by atoms with Gasteiger partial charge in [-0.2, -0.15) is 0 Å². The predicted molar refractivity (Wildman–Crippen MR) is 241 cm³/mol. The Labute approximate surface area is 362 Å². The van der Waals surface area contributed by atoms with Crippen LogP contribution in [-0.2, 0) is 25.5 Å². The lowest BCUT2D eigenvalue weighted by molar-refractivity contribution is -0.0647. The Morgan fingerprint density at radius 2 is 1.20 bits per heavy atom. The number of benzene rings is 4. The topological polar surface area (TPSA) is 73.2 Å². The molecule has 0 radical (unpaired) electrons. The van der Waals surface area contributed by atoms with Gasteiger partial charge in [-0.15, -0.1) is 0 Å². The van der Waals surface area contributed by atoms with Crippen LogP contribution >= 0.6 is 23.2 Å². The van der Waals surface area contributed by atoms with Crippen LogP contribution in [0.15, 0.2) is 97.1 Å². The van der Waals surface area contributed by atoms with Gasteiger partial charge in [0.1, 0.15) is 17.3 Å². The first-order valence-electron chi connectivity index (χ1n) is 20.5. The van der Waals surface area contributed by atoms with Crippen molar-refractivity contribution in [1.82, 2.24) is 9.55 Å². The molecule has 0 saturated heterocycles. The Bertz CT molecular complexity index is 2060. The van der Waals surface area contributed by atoms with Gasteiger partial charge in [-0.3, -0.25) is 0 Å². The normalized spacial score (nSPS) is 12.8. The molecule has 0 spiro atoms. The first kappa shape index (κ1) is 46.2. The first-order chi connectivity index (χ1) is 28.1. The van der Waals surface area contributed by atoms with Crippen LogP contribution in [0.3, 0.4) is 0 Å². The minimum absolute atomic E-state index is 0.0380. The zero-order valence-electron chi connectivity index (χ0n) is 36.3. The molecule has 0 aliphatic carbocycles. The molecule has 1 atom stereocenters. The van der Waals surface area contributed by atoms with Gasteiger partial charge in [-0.1, -0.05) is 53.5 Å². The zero-order chi connectivity index (χ0) is 42.6. The van der Waals surface area contributed by atoms with Crippen molar-refractivity contribution >= 4 is 23.2 Å². The van der Waals surface area contributed by atoms with Crippen LogP contribution in [0, 0.1) is 0 Å². The number of imidazole rings is 1. The van der Waals surface area contributed by atoms with Gasteiger partial charge in [0.25, 0.3) is 0 Å². The number of methoxy groups -OCH3 is 2. The SMILES string of the molecule is COCCC(C)(C)OCCC(C)Oc1ccc(-c2nc(-c3ccccc3Cl)n(Cc3ccccc3Cl)c2-c2ccc(OCCC(C)(C)OCCC(C)(C)OC)cc2)cc1. The molecule has 5 aromatic rings. The van der Waals surface area contributed by atoms with Crippen molar-refractivity contribution in [1.29, 1.82) is 0 Å². The molecule has 0 bridgehead atoms. The van der Waals surface area contributed by atoms with Gasteiger partial charge in [-0.25, -0.2) is 4.98 Å². The van der Waals surface area contributed by atoms with E-state index in [-0.39, 0.29) is 22.9 Å². The molecule has 1 heterocycles. The summed E-state index contributed by atoms with van der Waals surface area (Å²) in [7, 11) is 3.44. The van der Waals surface area contributed by atoms with E-state index in [2.05, 4.69) is 77.3 Å². The van der Waals surface area contributed by atoms with Gasteiger partial charge < -0.3 is 33.0 Å².